The molecule has 0 radical (unpaired) electrons. The fourth-order valence-electron chi connectivity index (χ4n) is 9.09. The quantitative estimate of drug-likeness (QED) is 0.255. The average Bonchev–Trinajstić information content (AvgIpc) is 3.47. The molecule has 1 N–H and O–H groups in total. The minimum Gasteiger partial charge on any atom is -0.549 e. The summed E-state index contributed by atoms with van der Waals surface area (Å²) >= 11 is 0. The standard InChI is InChI=1S/C42H37N2O/c1-3-10-29-24-31(18-16-26(29)8-1)41-43-42(32-19-17-27-9-2-4-11-30(27)25-32)44(41)36-14-7-13-34-33(36)22-20-28-21-23-38-40(39(28)34)35-12-5-6-15-37(35)45-38/h1,4,6-8,11,13-19,21,23,25,29,41-42H,2-3,5,9-10,12,20,22,24H2/q-1/p+1. The molecule has 3 heteroatoms. The van der Waals surface area contributed by atoms with Crippen molar-refractivity contribution in [2.75, 3.05) is 0 Å². The van der Waals surface area contributed by atoms with Crippen molar-refractivity contribution >= 4 is 28.8 Å². The Bertz CT molecular complexity index is 2050. The Hall–Kier alpha value is -4.18. The zero-order valence-electron chi connectivity index (χ0n) is 25.7. The maximum absolute atomic E-state index is 6.41. The van der Waals surface area contributed by atoms with E-state index in [0.717, 1.165) is 56.3 Å². The molecule has 10 rings (SSSR count). The zero-order valence-corrected chi connectivity index (χ0v) is 25.7. The van der Waals surface area contributed by atoms with Gasteiger partial charge in [0, 0.05) is 28.8 Å². The van der Waals surface area contributed by atoms with Crippen LogP contribution in [0.25, 0.3) is 39.6 Å². The van der Waals surface area contributed by atoms with E-state index in [9.17, 15) is 0 Å². The molecule has 4 aromatic rings. The van der Waals surface area contributed by atoms with Gasteiger partial charge in [0.2, 0.25) is 0 Å². The number of nitrogens with zero attached hydrogens (tertiary/aromatic N) is 1. The molecule has 2 heterocycles. The molecular weight excluding hydrogens is 548 g/mol. The number of quaternary nitrogens is 1. The van der Waals surface area contributed by atoms with E-state index in [1.807, 2.05) is 0 Å². The van der Waals surface area contributed by atoms with Crippen molar-refractivity contribution in [2.24, 2.45) is 5.92 Å². The average molecular weight is 587 g/mol. The monoisotopic (exact) mass is 586 g/mol. The van der Waals surface area contributed by atoms with Crippen molar-refractivity contribution < 1.29 is 9.32 Å². The van der Waals surface area contributed by atoms with Crippen molar-refractivity contribution in [3.8, 4) is 11.1 Å². The van der Waals surface area contributed by atoms with Gasteiger partial charge in [-0.05, 0) is 133 Å². The SMILES string of the molecule is C1=Cc2cc(C3[N-]C(C4=CC=C5C=CCCC5C4)[NH+]3c3cccc4c3CCc3ccc5oc6c(c5c3-4)CCC=C6)ccc2CC1. The highest BCUT2D eigenvalue weighted by atomic mass is 16.3. The van der Waals surface area contributed by atoms with E-state index in [-0.39, 0.29) is 12.3 Å². The lowest BCUT2D eigenvalue weighted by molar-refractivity contribution is -0.915. The fraction of sp³-hybridized carbons (Fsp3) is 0.286. The van der Waals surface area contributed by atoms with E-state index in [1.165, 1.54) is 84.5 Å². The van der Waals surface area contributed by atoms with Gasteiger partial charge in [-0.15, -0.1) is 0 Å². The topological polar surface area (TPSA) is 31.7 Å². The molecule has 4 atom stereocenters. The summed E-state index contributed by atoms with van der Waals surface area (Å²) in [4.78, 5) is 1.51. The maximum atomic E-state index is 6.41. The summed E-state index contributed by atoms with van der Waals surface area (Å²) in [5.41, 5.74) is 16.8. The van der Waals surface area contributed by atoms with E-state index in [1.54, 1.807) is 0 Å². The first-order valence-corrected chi connectivity index (χ1v) is 17.1. The van der Waals surface area contributed by atoms with Gasteiger partial charge in [-0.1, -0.05) is 72.9 Å². The normalized spacial score (nSPS) is 25.8. The van der Waals surface area contributed by atoms with Crippen LogP contribution in [0.15, 0.2) is 101 Å². The van der Waals surface area contributed by atoms with E-state index in [0.29, 0.717) is 5.92 Å². The van der Waals surface area contributed by atoms with Crippen LogP contribution >= 0.6 is 0 Å². The molecule has 3 nitrogen and oxygen atoms in total. The summed E-state index contributed by atoms with van der Waals surface area (Å²) in [5.74, 6) is 1.68. The van der Waals surface area contributed by atoms with Crippen molar-refractivity contribution in [3.05, 3.63) is 141 Å². The van der Waals surface area contributed by atoms with Crippen LogP contribution in [0.3, 0.4) is 0 Å². The predicted molar refractivity (Wildman–Crippen MR) is 183 cm³/mol. The second-order valence-corrected chi connectivity index (χ2v) is 13.8. The van der Waals surface area contributed by atoms with Gasteiger partial charge in [0.25, 0.3) is 0 Å². The molecule has 3 aromatic carbocycles. The predicted octanol–water partition coefficient (Wildman–Crippen LogP) is 9.27. The van der Waals surface area contributed by atoms with Crippen molar-refractivity contribution in [3.63, 3.8) is 0 Å². The Kier molecular flexibility index (Phi) is 5.89. The number of allylic oxidation sites excluding steroid dienone is 7. The number of benzene rings is 3. The molecule has 4 unspecified atom stereocenters. The van der Waals surface area contributed by atoms with E-state index in [2.05, 4.69) is 97.1 Å². The third-order valence-corrected chi connectivity index (χ3v) is 11.3. The molecule has 222 valence electrons. The van der Waals surface area contributed by atoms with Gasteiger partial charge in [0.1, 0.15) is 17.0 Å². The number of hydrogen-bond donors (Lipinski definition) is 1. The third-order valence-electron chi connectivity index (χ3n) is 11.3. The van der Waals surface area contributed by atoms with Crippen molar-refractivity contribution in [1.82, 2.24) is 0 Å². The molecule has 6 aliphatic rings. The first-order chi connectivity index (χ1) is 22.3. The molecule has 1 aromatic heterocycles. The number of aryl methyl sites for hydroxylation is 3. The van der Waals surface area contributed by atoms with Crippen molar-refractivity contribution in [1.29, 1.82) is 0 Å². The van der Waals surface area contributed by atoms with Gasteiger partial charge in [0.15, 0.2) is 0 Å². The minimum absolute atomic E-state index is 0.101. The highest BCUT2D eigenvalue weighted by molar-refractivity contribution is 6.02. The third kappa shape index (κ3) is 4.03. The summed E-state index contributed by atoms with van der Waals surface area (Å²) in [7, 11) is 0. The van der Waals surface area contributed by atoms with Gasteiger partial charge in [0.05, 0.1) is 0 Å². The first kappa shape index (κ1) is 26.1. The van der Waals surface area contributed by atoms with Crippen LogP contribution in [0.5, 0.6) is 0 Å². The van der Waals surface area contributed by atoms with Crippen molar-refractivity contribution in [2.45, 2.75) is 70.1 Å². The summed E-state index contributed by atoms with van der Waals surface area (Å²) in [6.07, 6.45) is 28.9. The Balaban J connectivity index is 1.12. The lowest BCUT2D eigenvalue weighted by atomic mass is 9.78. The van der Waals surface area contributed by atoms with Crippen LogP contribution in [0.1, 0.15) is 77.4 Å². The highest BCUT2D eigenvalue weighted by Gasteiger charge is 2.40. The number of rotatable bonds is 3. The van der Waals surface area contributed by atoms with Crippen LogP contribution < -0.4 is 4.90 Å². The highest BCUT2D eigenvalue weighted by Crippen LogP contribution is 2.46. The van der Waals surface area contributed by atoms with E-state index < -0.39 is 0 Å². The molecule has 1 saturated heterocycles. The largest absolute Gasteiger partial charge is 0.549 e. The van der Waals surface area contributed by atoms with Gasteiger partial charge in [-0.2, -0.15) is 0 Å². The maximum Gasteiger partial charge on any atom is 0.135 e. The van der Waals surface area contributed by atoms with Gasteiger partial charge in [-0.25, -0.2) is 0 Å². The van der Waals surface area contributed by atoms with Gasteiger partial charge >= 0.3 is 0 Å². The Labute approximate surface area is 265 Å². The van der Waals surface area contributed by atoms with E-state index >= 15 is 0 Å². The number of fused-ring (bicyclic) bond motifs is 9. The summed E-state index contributed by atoms with van der Waals surface area (Å²) in [6, 6.07) is 18.8. The Morgan fingerprint density at radius 1 is 0.756 bits per heavy atom. The lowest BCUT2D eigenvalue weighted by Crippen LogP contribution is -3.17. The number of nitrogens with one attached hydrogen (secondary N) is 1. The van der Waals surface area contributed by atoms with Crippen LogP contribution in [-0.2, 0) is 25.7 Å². The molecular formula is C42H38N2O. The summed E-state index contributed by atoms with van der Waals surface area (Å²) in [6.45, 7) is 0. The van der Waals surface area contributed by atoms with E-state index in [4.69, 9.17) is 9.73 Å². The fourth-order valence-corrected chi connectivity index (χ4v) is 9.09. The van der Waals surface area contributed by atoms with Crippen LogP contribution in [0.4, 0.5) is 5.69 Å². The molecule has 0 bridgehead atoms. The molecule has 1 aliphatic heterocycles. The molecule has 0 amide bonds. The minimum atomic E-state index is 0.101. The van der Waals surface area contributed by atoms with Gasteiger partial charge < -0.3 is 14.6 Å². The smallest absolute Gasteiger partial charge is 0.135 e. The molecule has 45 heavy (non-hydrogen) atoms. The second-order valence-electron chi connectivity index (χ2n) is 13.8. The van der Waals surface area contributed by atoms with Crippen LogP contribution in [-0.4, -0.2) is 6.17 Å². The lowest BCUT2D eigenvalue weighted by Gasteiger charge is -2.60. The zero-order chi connectivity index (χ0) is 29.5. The molecule has 0 saturated carbocycles. The molecule has 5 aliphatic carbocycles. The second kappa shape index (κ2) is 10.2. The molecule has 1 fully saturated rings. The number of furan rings is 1. The summed E-state index contributed by atoms with van der Waals surface area (Å²) < 4.78 is 6.41. The van der Waals surface area contributed by atoms with Crippen LogP contribution in [0.2, 0.25) is 0 Å². The van der Waals surface area contributed by atoms with Crippen LogP contribution in [0, 0.1) is 5.92 Å². The summed E-state index contributed by atoms with van der Waals surface area (Å²) in [5, 5.41) is 6.90. The Morgan fingerprint density at radius 2 is 1.67 bits per heavy atom. The first-order valence-electron chi connectivity index (χ1n) is 17.1. The van der Waals surface area contributed by atoms with Gasteiger partial charge in [-0.3, -0.25) is 0 Å². The number of hydrogen-bond acceptors (Lipinski definition) is 1. The Morgan fingerprint density at radius 3 is 2.67 bits per heavy atom. The molecule has 0 spiro atoms.